The average molecular weight is 155 g/mol. The molecule has 1 amide bonds. The molecule has 0 aliphatic carbocycles. The lowest BCUT2D eigenvalue weighted by atomic mass is 10.1. The first-order valence-electron chi connectivity index (χ1n) is 3.78. The number of amides is 1. The third-order valence-electron chi connectivity index (χ3n) is 1.89. The average Bonchev–Trinajstić information content (AvgIpc) is 2.37. The Balaban J connectivity index is 2.36. The Morgan fingerprint density at radius 1 is 1.82 bits per heavy atom. The van der Waals surface area contributed by atoms with Gasteiger partial charge in [-0.25, -0.2) is 0 Å². The summed E-state index contributed by atoms with van der Waals surface area (Å²) in [6.07, 6.45) is 2.32. The molecule has 0 bridgehead atoms. The third kappa shape index (κ3) is 2.05. The number of hydrogen-bond acceptors (Lipinski definition) is 2. The maximum absolute atomic E-state index is 10.8. The second-order valence-electron chi connectivity index (χ2n) is 2.68. The van der Waals surface area contributed by atoms with E-state index < -0.39 is 0 Å². The van der Waals surface area contributed by atoms with Crippen molar-refractivity contribution in [2.45, 2.75) is 25.5 Å². The van der Waals surface area contributed by atoms with Crippen molar-refractivity contribution in [1.82, 2.24) is 5.32 Å². The molecule has 1 rings (SSSR count). The SMILES string of the molecule is C=CC(=O)N[C@@H]1CCO[C@@H]1C. The summed E-state index contributed by atoms with van der Waals surface area (Å²) in [7, 11) is 0. The van der Waals surface area contributed by atoms with Crippen LogP contribution in [0.2, 0.25) is 0 Å². The number of carbonyl (C=O) groups excluding carboxylic acids is 1. The predicted octanol–water partition coefficient (Wildman–Crippen LogP) is 0.466. The lowest BCUT2D eigenvalue weighted by molar-refractivity contribution is -0.117. The van der Waals surface area contributed by atoms with Crippen molar-refractivity contribution in [2.75, 3.05) is 6.61 Å². The molecule has 1 aliphatic rings. The normalized spacial score (nSPS) is 29.9. The standard InChI is InChI=1S/C8H13NO2/c1-3-8(10)9-7-4-5-11-6(7)2/h3,6-7H,1,4-5H2,2H3,(H,9,10)/t6-,7-/m1/s1. The van der Waals surface area contributed by atoms with E-state index in [-0.39, 0.29) is 18.1 Å². The minimum absolute atomic E-state index is 0.118. The van der Waals surface area contributed by atoms with Gasteiger partial charge in [0.25, 0.3) is 0 Å². The second-order valence-corrected chi connectivity index (χ2v) is 2.68. The van der Waals surface area contributed by atoms with Crippen LogP contribution < -0.4 is 5.32 Å². The van der Waals surface area contributed by atoms with Gasteiger partial charge in [0.1, 0.15) is 0 Å². The van der Waals surface area contributed by atoms with Crippen LogP contribution in [0, 0.1) is 0 Å². The van der Waals surface area contributed by atoms with E-state index in [1.165, 1.54) is 6.08 Å². The van der Waals surface area contributed by atoms with E-state index in [1.54, 1.807) is 0 Å². The van der Waals surface area contributed by atoms with Crippen molar-refractivity contribution in [3.63, 3.8) is 0 Å². The molecular weight excluding hydrogens is 142 g/mol. The zero-order valence-corrected chi connectivity index (χ0v) is 6.67. The lowest BCUT2D eigenvalue weighted by Crippen LogP contribution is -2.38. The highest BCUT2D eigenvalue weighted by Crippen LogP contribution is 2.11. The number of nitrogens with one attached hydrogen (secondary N) is 1. The van der Waals surface area contributed by atoms with E-state index in [0.717, 1.165) is 13.0 Å². The van der Waals surface area contributed by atoms with Crippen LogP contribution in [0.1, 0.15) is 13.3 Å². The Morgan fingerprint density at radius 2 is 2.55 bits per heavy atom. The van der Waals surface area contributed by atoms with Crippen LogP contribution in [0.25, 0.3) is 0 Å². The summed E-state index contributed by atoms with van der Waals surface area (Å²) in [5.41, 5.74) is 0. The molecule has 1 N–H and O–H groups in total. The summed E-state index contributed by atoms with van der Waals surface area (Å²) in [6.45, 7) is 6.07. The van der Waals surface area contributed by atoms with E-state index in [1.807, 2.05) is 6.92 Å². The van der Waals surface area contributed by atoms with Crippen LogP contribution in [-0.2, 0) is 9.53 Å². The van der Waals surface area contributed by atoms with Crippen molar-refractivity contribution in [2.24, 2.45) is 0 Å². The molecular formula is C8H13NO2. The molecule has 1 heterocycles. The van der Waals surface area contributed by atoms with Crippen LogP contribution in [0.3, 0.4) is 0 Å². The zero-order chi connectivity index (χ0) is 8.27. The van der Waals surface area contributed by atoms with E-state index in [9.17, 15) is 4.79 Å². The number of carbonyl (C=O) groups is 1. The van der Waals surface area contributed by atoms with Gasteiger partial charge in [-0.15, -0.1) is 0 Å². The maximum atomic E-state index is 10.8. The lowest BCUT2D eigenvalue weighted by Gasteiger charge is -2.13. The first kappa shape index (κ1) is 8.27. The quantitative estimate of drug-likeness (QED) is 0.588. The fourth-order valence-corrected chi connectivity index (χ4v) is 1.16. The molecule has 11 heavy (non-hydrogen) atoms. The van der Waals surface area contributed by atoms with Crippen molar-refractivity contribution in [1.29, 1.82) is 0 Å². The molecule has 0 unspecified atom stereocenters. The molecule has 0 aromatic carbocycles. The summed E-state index contributed by atoms with van der Waals surface area (Å²) in [5, 5.41) is 2.80. The summed E-state index contributed by atoms with van der Waals surface area (Å²) in [5.74, 6) is -0.118. The highest BCUT2D eigenvalue weighted by Gasteiger charge is 2.24. The van der Waals surface area contributed by atoms with Gasteiger partial charge >= 0.3 is 0 Å². The molecule has 1 aliphatic heterocycles. The molecule has 0 radical (unpaired) electrons. The number of hydrogen-bond donors (Lipinski definition) is 1. The maximum Gasteiger partial charge on any atom is 0.243 e. The molecule has 0 aromatic heterocycles. The highest BCUT2D eigenvalue weighted by atomic mass is 16.5. The molecule has 2 atom stereocenters. The molecule has 62 valence electrons. The molecule has 0 saturated carbocycles. The molecule has 0 spiro atoms. The van der Waals surface area contributed by atoms with Crippen LogP contribution in [0.15, 0.2) is 12.7 Å². The van der Waals surface area contributed by atoms with Gasteiger partial charge in [-0.2, -0.15) is 0 Å². The van der Waals surface area contributed by atoms with Gasteiger partial charge in [-0.1, -0.05) is 6.58 Å². The summed E-state index contributed by atoms with van der Waals surface area (Å²) >= 11 is 0. The molecule has 1 saturated heterocycles. The fourth-order valence-electron chi connectivity index (χ4n) is 1.16. The molecule has 1 fully saturated rings. The summed E-state index contributed by atoms with van der Waals surface area (Å²) < 4.78 is 5.26. The van der Waals surface area contributed by atoms with Crippen LogP contribution in [0.4, 0.5) is 0 Å². The van der Waals surface area contributed by atoms with Gasteiger partial charge in [-0.3, -0.25) is 4.79 Å². The van der Waals surface area contributed by atoms with Crippen LogP contribution >= 0.6 is 0 Å². The predicted molar refractivity (Wildman–Crippen MR) is 42.2 cm³/mol. The number of rotatable bonds is 2. The fraction of sp³-hybridized carbons (Fsp3) is 0.625. The smallest absolute Gasteiger partial charge is 0.243 e. The van der Waals surface area contributed by atoms with Crippen molar-refractivity contribution < 1.29 is 9.53 Å². The molecule has 0 aromatic rings. The Kier molecular flexibility index (Phi) is 2.65. The van der Waals surface area contributed by atoms with Gasteiger partial charge in [0.05, 0.1) is 12.1 Å². The molecule has 3 nitrogen and oxygen atoms in total. The minimum Gasteiger partial charge on any atom is -0.376 e. The van der Waals surface area contributed by atoms with Crippen LogP contribution in [-0.4, -0.2) is 24.7 Å². The van der Waals surface area contributed by atoms with E-state index in [4.69, 9.17) is 4.74 Å². The van der Waals surface area contributed by atoms with Crippen molar-refractivity contribution in [3.8, 4) is 0 Å². The second kappa shape index (κ2) is 3.53. The summed E-state index contributed by atoms with van der Waals surface area (Å²) in [4.78, 5) is 10.8. The molecule has 3 heteroatoms. The topological polar surface area (TPSA) is 38.3 Å². The Labute approximate surface area is 66.4 Å². The van der Waals surface area contributed by atoms with E-state index in [2.05, 4.69) is 11.9 Å². The Hall–Kier alpha value is -0.830. The highest BCUT2D eigenvalue weighted by molar-refractivity contribution is 5.87. The largest absolute Gasteiger partial charge is 0.376 e. The van der Waals surface area contributed by atoms with E-state index in [0.29, 0.717) is 0 Å². The Morgan fingerprint density at radius 3 is 3.00 bits per heavy atom. The third-order valence-corrected chi connectivity index (χ3v) is 1.89. The van der Waals surface area contributed by atoms with Gasteiger partial charge in [-0.05, 0) is 19.4 Å². The van der Waals surface area contributed by atoms with Crippen LogP contribution in [0.5, 0.6) is 0 Å². The zero-order valence-electron chi connectivity index (χ0n) is 6.67. The monoisotopic (exact) mass is 155 g/mol. The van der Waals surface area contributed by atoms with E-state index >= 15 is 0 Å². The summed E-state index contributed by atoms with van der Waals surface area (Å²) in [6, 6.07) is 0.167. The first-order chi connectivity index (χ1) is 5.24. The number of ether oxygens (including phenoxy) is 1. The first-order valence-corrected chi connectivity index (χ1v) is 3.78. The van der Waals surface area contributed by atoms with Gasteiger partial charge in [0, 0.05) is 6.61 Å². The van der Waals surface area contributed by atoms with Gasteiger partial charge < -0.3 is 10.1 Å². The Bertz CT molecular complexity index is 167. The van der Waals surface area contributed by atoms with Crippen molar-refractivity contribution >= 4 is 5.91 Å². The van der Waals surface area contributed by atoms with Gasteiger partial charge in [0.15, 0.2) is 0 Å². The van der Waals surface area contributed by atoms with Crippen molar-refractivity contribution in [3.05, 3.63) is 12.7 Å². The minimum atomic E-state index is -0.118. The van der Waals surface area contributed by atoms with Gasteiger partial charge in [0.2, 0.25) is 5.91 Å².